The van der Waals surface area contributed by atoms with E-state index in [1.807, 2.05) is 6.92 Å². The summed E-state index contributed by atoms with van der Waals surface area (Å²) in [6.45, 7) is 4.91. The number of hydrogen-bond donors (Lipinski definition) is 1. The average Bonchev–Trinajstić information content (AvgIpc) is 2.37. The predicted octanol–water partition coefficient (Wildman–Crippen LogP) is 2.83. The third-order valence-electron chi connectivity index (χ3n) is 3.61. The summed E-state index contributed by atoms with van der Waals surface area (Å²) in [7, 11) is 1.69. The summed E-state index contributed by atoms with van der Waals surface area (Å²) in [5, 5.41) is 9.99. The van der Waals surface area contributed by atoms with Gasteiger partial charge in [0.1, 0.15) is 0 Å². The maximum atomic E-state index is 9.99. The number of unbranched alkanes of at least 4 members (excludes halogenated alkanes) is 1. The standard InChI is InChI=1S/C14H28O4/c1-4-5-9-14(2,16-3)11-12(15)18-13-8-6-7-10-17-13/h12-13,15H,4-11H2,1-3H3. The van der Waals surface area contributed by atoms with Crippen LogP contribution in [0.25, 0.3) is 0 Å². The van der Waals surface area contributed by atoms with Gasteiger partial charge in [-0.1, -0.05) is 19.8 Å². The zero-order chi connectivity index (χ0) is 13.4. The van der Waals surface area contributed by atoms with E-state index in [0.717, 1.165) is 45.1 Å². The van der Waals surface area contributed by atoms with Gasteiger partial charge in [0.15, 0.2) is 12.6 Å². The van der Waals surface area contributed by atoms with E-state index in [9.17, 15) is 5.11 Å². The predicted molar refractivity (Wildman–Crippen MR) is 70.2 cm³/mol. The molecule has 1 heterocycles. The minimum Gasteiger partial charge on any atom is -0.378 e. The summed E-state index contributed by atoms with van der Waals surface area (Å²) < 4.78 is 16.5. The van der Waals surface area contributed by atoms with Crippen molar-refractivity contribution < 1.29 is 19.3 Å². The van der Waals surface area contributed by atoms with Gasteiger partial charge >= 0.3 is 0 Å². The Labute approximate surface area is 111 Å². The van der Waals surface area contributed by atoms with E-state index in [2.05, 4.69) is 6.92 Å². The molecule has 0 saturated carbocycles. The zero-order valence-corrected chi connectivity index (χ0v) is 12.0. The second-order valence-corrected chi connectivity index (χ2v) is 5.35. The molecule has 0 aliphatic carbocycles. The highest BCUT2D eigenvalue weighted by Gasteiger charge is 2.29. The van der Waals surface area contributed by atoms with Crippen LogP contribution in [0.15, 0.2) is 0 Å². The van der Waals surface area contributed by atoms with Crippen LogP contribution >= 0.6 is 0 Å². The summed E-state index contributed by atoms with van der Waals surface area (Å²) >= 11 is 0. The molecule has 0 aromatic carbocycles. The lowest BCUT2D eigenvalue weighted by atomic mass is 9.94. The molecule has 1 fully saturated rings. The number of aliphatic hydroxyl groups is 1. The average molecular weight is 260 g/mol. The third kappa shape index (κ3) is 5.65. The lowest BCUT2D eigenvalue weighted by Crippen LogP contribution is -2.36. The van der Waals surface area contributed by atoms with Crippen molar-refractivity contribution in [2.75, 3.05) is 13.7 Å². The molecular formula is C14H28O4. The number of hydrogen-bond acceptors (Lipinski definition) is 4. The second kappa shape index (κ2) is 8.10. The highest BCUT2D eigenvalue weighted by molar-refractivity contribution is 4.76. The maximum Gasteiger partial charge on any atom is 0.160 e. The van der Waals surface area contributed by atoms with Gasteiger partial charge in [-0.2, -0.15) is 0 Å². The summed E-state index contributed by atoms with van der Waals surface area (Å²) in [6, 6.07) is 0. The van der Waals surface area contributed by atoms with Crippen LogP contribution in [0.2, 0.25) is 0 Å². The first kappa shape index (κ1) is 15.9. The largest absolute Gasteiger partial charge is 0.378 e. The quantitative estimate of drug-likeness (QED) is 0.682. The van der Waals surface area contributed by atoms with E-state index in [1.165, 1.54) is 0 Å². The van der Waals surface area contributed by atoms with E-state index >= 15 is 0 Å². The number of aliphatic hydroxyl groups excluding tert-OH is 1. The van der Waals surface area contributed by atoms with Gasteiger partial charge < -0.3 is 19.3 Å². The Morgan fingerprint density at radius 2 is 2.22 bits per heavy atom. The molecule has 4 heteroatoms. The fourth-order valence-electron chi connectivity index (χ4n) is 2.25. The van der Waals surface area contributed by atoms with Gasteiger partial charge in [-0.05, 0) is 32.6 Å². The monoisotopic (exact) mass is 260 g/mol. The Bertz CT molecular complexity index is 216. The van der Waals surface area contributed by atoms with Crippen molar-refractivity contribution in [2.24, 2.45) is 0 Å². The Kier molecular flexibility index (Phi) is 7.15. The molecule has 0 bridgehead atoms. The van der Waals surface area contributed by atoms with Crippen molar-refractivity contribution in [3.05, 3.63) is 0 Å². The van der Waals surface area contributed by atoms with Crippen LogP contribution in [0.3, 0.4) is 0 Å². The molecule has 1 saturated heterocycles. The summed E-state index contributed by atoms with van der Waals surface area (Å²) in [6.07, 6.45) is 5.65. The highest BCUT2D eigenvalue weighted by atomic mass is 16.7. The molecule has 3 unspecified atom stereocenters. The van der Waals surface area contributed by atoms with Gasteiger partial charge in [0.05, 0.1) is 5.60 Å². The van der Waals surface area contributed by atoms with Crippen molar-refractivity contribution in [1.82, 2.24) is 0 Å². The van der Waals surface area contributed by atoms with Gasteiger partial charge in [0, 0.05) is 20.1 Å². The third-order valence-corrected chi connectivity index (χ3v) is 3.61. The minimum absolute atomic E-state index is 0.249. The first-order valence-corrected chi connectivity index (χ1v) is 7.10. The van der Waals surface area contributed by atoms with Crippen LogP contribution < -0.4 is 0 Å². The van der Waals surface area contributed by atoms with Crippen molar-refractivity contribution in [1.29, 1.82) is 0 Å². The first-order chi connectivity index (χ1) is 8.59. The van der Waals surface area contributed by atoms with Crippen LogP contribution in [0.1, 0.15) is 58.8 Å². The van der Waals surface area contributed by atoms with Crippen molar-refractivity contribution in [3.63, 3.8) is 0 Å². The molecule has 0 radical (unpaired) electrons. The Hall–Kier alpha value is -0.160. The van der Waals surface area contributed by atoms with Crippen molar-refractivity contribution in [3.8, 4) is 0 Å². The molecule has 0 spiro atoms. The smallest absolute Gasteiger partial charge is 0.160 e. The Morgan fingerprint density at radius 1 is 1.44 bits per heavy atom. The molecular weight excluding hydrogens is 232 g/mol. The Morgan fingerprint density at radius 3 is 2.78 bits per heavy atom. The molecule has 1 aliphatic heterocycles. The molecule has 0 amide bonds. The lowest BCUT2D eigenvalue weighted by Gasteiger charge is -2.32. The highest BCUT2D eigenvalue weighted by Crippen LogP contribution is 2.25. The maximum absolute atomic E-state index is 9.99. The molecule has 1 aliphatic rings. The molecule has 3 atom stereocenters. The van der Waals surface area contributed by atoms with E-state index in [1.54, 1.807) is 7.11 Å². The van der Waals surface area contributed by atoms with Crippen LogP contribution in [0.4, 0.5) is 0 Å². The van der Waals surface area contributed by atoms with Gasteiger partial charge in [-0.3, -0.25) is 0 Å². The topological polar surface area (TPSA) is 47.9 Å². The van der Waals surface area contributed by atoms with Gasteiger partial charge in [0.25, 0.3) is 0 Å². The SMILES string of the molecule is CCCCC(C)(CC(O)OC1CCCCO1)OC. The van der Waals surface area contributed by atoms with Crippen LogP contribution in [-0.2, 0) is 14.2 Å². The fraction of sp³-hybridized carbons (Fsp3) is 1.00. The van der Waals surface area contributed by atoms with E-state index < -0.39 is 6.29 Å². The van der Waals surface area contributed by atoms with Crippen LogP contribution in [0.5, 0.6) is 0 Å². The summed E-state index contributed by atoms with van der Waals surface area (Å²) in [5.74, 6) is 0. The Balaban J connectivity index is 2.33. The molecule has 1 N–H and O–H groups in total. The van der Waals surface area contributed by atoms with E-state index in [-0.39, 0.29) is 11.9 Å². The van der Waals surface area contributed by atoms with Gasteiger partial charge in [-0.25, -0.2) is 0 Å². The van der Waals surface area contributed by atoms with E-state index in [0.29, 0.717) is 6.42 Å². The molecule has 0 aromatic rings. The van der Waals surface area contributed by atoms with E-state index in [4.69, 9.17) is 14.2 Å². The molecule has 108 valence electrons. The van der Waals surface area contributed by atoms with Crippen molar-refractivity contribution in [2.45, 2.75) is 77.0 Å². The molecule has 18 heavy (non-hydrogen) atoms. The summed E-state index contributed by atoms with van der Waals surface area (Å²) in [4.78, 5) is 0. The van der Waals surface area contributed by atoms with Gasteiger partial charge in [-0.15, -0.1) is 0 Å². The number of methoxy groups -OCH3 is 1. The summed E-state index contributed by atoms with van der Waals surface area (Å²) in [5.41, 5.74) is -0.315. The molecule has 4 nitrogen and oxygen atoms in total. The van der Waals surface area contributed by atoms with Crippen molar-refractivity contribution >= 4 is 0 Å². The zero-order valence-electron chi connectivity index (χ0n) is 12.0. The molecule has 0 aromatic heterocycles. The number of rotatable bonds is 8. The van der Waals surface area contributed by atoms with Gasteiger partial charge in [0.2, 0.25) is 0 Å². The number of ether oxygens (including phenoxy) is 3. The van der Waals surface area contributed by atoms with Crippen LogP contribution in [-0.4, -0.2) is 37.0 Å². The minimum atomic E-state index is -0.810. The second-order valence-electron chi connectivity index (χ2n) is 5.35. The first-order valence-electron chi connectivity index (χ1n) is 7.10. The normalized spacial score (nSPS) is 25.7. The fourth-order valence-corrected chi connectivity index (χ4v) is 2.25. The van der Waals surface area contributed by atoms with Crippen LogP contribution in [0, 0.1) is 0 Å². The molecule has 1 rings (SSSR count). The lowest BCUT2D eigenvalue weighted by molar-refractivity contribution is -0.253.